The Balaban J connectivity index is 1.86. The third-order valence-electron chi connectivity index (χ3n) is 2.93. The van der Waals surface area contributed by atoms with Gasteiger partial charge in [0.05, 0.1) is 24.9 Å². The fourth-order valence-corrected chi connectivity index (χ4v) is 1.94. The lowest BCUT2D eigenvalue weighted by Gasteiger charge is -2.06. The number of hydrogen-bond donors (Lipinski definition) is 3. The van der Waals surface area contributed by atoms with E-state index in [1.807, 2.05) is 44.3 Å². The number of aromatic nitrogens is 2. The largest absolute Gasteiger partial charge is 0.379 e. The molecule has 0 radical (unpaired) electrons. The third kappa shape index (κ3) is 4.12. The number of hydrogen-bond acceptors (Lipinski definition) is 3. The molecule has 1 aromatic heterocycles. The van der Waals surface area contributed by atoms with Crippen molar-refractivity contribution >= 4 is 11.6 Å². The summed E-state index contributed by atoms with van der Waals surface area (Å²) in [4.78, 5) is 18.8. The number of aryl methyl sites for hydroxylation is 1. The van der Waals surface area contributed by atoms with E-state index >= 15 is 0 Å². The zero-order valence-corrected chi connectivity index (χ0v) is 11.9. The van der Waals surface area contributed by atoms with Crippen molar-refractivity contribution in [2.24, 2.45) is 0 Å². The molecule has 0 aliphatic carbocycles. The molecule has 0 bridgehead atoms. The SMILES string of the molecule is CCNC(=O)Cc1ccc(NCc2cnc(C)[nH]2)cc1. The summed E-state index contributed by atoms with van der Waals surface area (Å²) >= 11 is 0. The smallest absolute Gasteiger partial charge is 0.224 e. The molecular weight excluding hydrogens is 252 g/mol. The van der Waals surface area contributed by atoms with E-state index in [-0.39, 0.29) is 5.91 Å². The zero-order valence-electron chi connectivity index (χ0n) is 11.9. The number of benzene rings is 1. The maximum atomic E-state index is 11.5. The summed E-state index contributed by atoms with van der Waals surface area (Å²) < 4.78 is 0. The van der Waals surface area contributed by atoms with Crippen LogP contribution in [0.2, 0.25) is 0 Å². The van der Waals surface area contributed by atoms with Gasteiger partial charge >= 0.3 is 0 Å². The van der Waals surface area contributed by atoms with E-state index in [4.69, 9.17) is 0 Å². The van der Waals surface area contributed by atoms with E-state index in [0.29, 0.717) is 19.5 Å². The standard InChI is InChI=1S/C15H20N4O/c1-3-16-15(20)8-12-4-6-13(7-5-12)18-10-14-9-17-11(2)19-14/h4-7,9,18H,3,8,10H2,1-2H3,(H,16,20)(H,17,19). The summed E-state index contributed by atoms with van der Waals surface area (Å²) in [7, 11) is 0. The second-order valence-electron chi connectivity index (χ2n) is 4.67. The summed E-state index contributed by atoms with van der Waals surface area (Å²) in [6.07, 6.45) is 2.25. The molecule has 2 aromatic rings. The van der Waals surface area contributed by atoms with Crippen molar-refractivity contribution in [1.82, 2.24) is 15.3 Å². The van der Waals surface area contributed by atoms with Crippen LogP contribution in [0.3, 0.4) is 0 Å². The highest BCUT2D eigenvalue weighted by molar-refractivity contribution is 5.78. The van der Waals surface area contributed by atoms with Crippen LogP contribution in [-0.4, -0.2) is 22.4 Å². The van der Waals surface area contributed by atoms with Crippen molar-refractivity contribution in [3.05, 3.63) is 47.5 Å². The molecule has 0 aliphatic rings. The molecule has 0 atom stereocenters. The van der Waals surface area contributed by atoms with Gasteiger partial charge < -0.3 is 15.6 Å². The minimum Gasteiger partial charge on any atom is -0.379 e. The van der Waals surface area contributed by atoms with Crippen LogP contribution < -0.4 is 10.6 Å². The molecule has 0 unspecified atom stereocenters. The lowest BCUT2D eigenvalue weighted by molar-refractivity contribution is -0.120. The summed E-state index contributed by atoms with van der Waals surface area (Å²) in [6.45, 7) is 5.22. The van der Waals surface area contributed by atoms with Gasteiger partial charge in [-0.25, -0.2) is 4.98 Å². The predicted octanol–water partition coefficient (Wildman–Crippen LogP) is 2.01. The van der Waals surface area contributed by atoms with Gasteiger partial charge in [0.1, 0.15) is 5.82 Å². The van der Waals surface area contributed by atoms with E-state index in [0.717, 1.165) is 22.8 Å². The quantitative estimate of drug-likeness (QED) is 0.753. The second-order valence-corrected chi connectivity index (χ2v) is 4.67. The van der Waals surface area contributed by atoms with Gasteiger partial charge in [0.25, 0.3) is 0 Å². The molecule has 1 amide bonds. The van der Waals surface area contributed by atoms with Crippen molar-refractivity contribution in [3.8, 4) is 0 Å². The number of aromatic amines is 1. The molecule has 5 heteroatoms. The average Bonchev–Trinajstić information content (AvgIpc) is 2.84. The monoisotopic (exact) mass is 272 g/mol. The number of nitrogens with zero attached hydrogens (tertiary/aromatic N) is 1. The van der Waals surface area contributed by atoms with Crippen LogP contribution in [0.5, 0.6) is 0 Å². The number of carbonyl (C=O) groups excluding carboxylic acids is 1. The Morgan fingerprint density at radius 2 is 2.05 bits per heavy atom. The lowest BCUT2D eigenvalue weighted by atomic mass is 10.1. The lowest BCUT2D eigenvalue weighted by Crippen LogP contribution is -2.24. The summed E-state index contributed by atoms with van der Waals surface area (Å²) in [5, 5.41) is 6.10. The summed E-state index contributed by atoms with van der Waals surface area (Å²) in [5.74, 6) is 0.972. The molecule has 5 nitrogen and oxygen atoms in total. The van der Waals surface area contributed by atoms with E-state index in [1.165, 1.54) is 0 Å². The maximum absolute atomic E-state index is 11.5. The van der Waals surface area contributed by atoms with Crippen molar-refractivity contribution in [2.45, 2.75) is 26.8 Å². The van der Waals surface area contributed by atoms with Crippen molar-refractivity contribution in [2.75, 3.05) is 11.9 Å². The van der Waals surface area contributed by atoms with Crippen LogP contribution >= 0.6 is 0 Å². The Morgan fingerprint density at radius 1 is 1.30 bits per heavy atom. The van der Waals surface area contributed by atoms with Gasteiger partial charge in [-0.2, -0.15) is 0 Å². The Kier molecular flexibility index (Phi) is 4.76. The summed E-state index contributed by atoms with van der Waals surface area (Å²) in [6, 6.07) is 7.90. The number of amides is 1. The highest BCUT2D eigenvalue weighted by Gasteiger charge is 2.02. The zero-order chi connectivity index (χ0) is 14.4. The molecule has 0 spiro atoms. The Morgan fingerprint density at radius 3 is 2.65 bits per heavy atom. The number of imidazole rings is 1. The topological polar surface area (TPSA) is 69.8 Å². The predicted molar refractivity (Wildman–Crippen MR) is 79.5 cm³/mol. The number of anilines is 1. The average molecular weight is 272 g/mol. The fraction of sp³-hybridized carbons (Fsp3) is 0.333. The minimum absolute atomic E-state index is 0.0566. The van der Waals surface area contributed by atoms with E-state index in [2.05, 4.69) is 20.6 Å². The molecule has 20 heavy (non-hydrogen) atoms. The maximum Gasteiger partial charge on any atom is 0.224 e. The van der Waals surface area contributed by atoms with Crippen LogP contribution in [0.25, 0.3) is 0 Å². The first-order valence-electron chi connectivity index (χ1n) is 6.77. The van der Waals surface area contributed by atoms with Gasteiger partial charge in [-0.15, -0.1) is 0 Å². The van der Waals surface area contributed by atoms with Crippen molar-refractivity contribution in [3.63, 3.8) is 0 Å². The number of likely N-dealkylation sites (N-methyl/N-ethyl adjacent to an activating group) is 1. The molecule has 1 aromatic carbocycles. The van der Waals surface area contributed by atoms with Gasteiger partial charge in [0, 0.05) is 12.2 Å². The van der Waals surface area contributed by atoms with Crippen LogP contribution in [0.15, 0.2) is 30.5 Å². The highest BCUT2D eigenvalue weighted by Crippen LogP contribution is 2.11. The fourth-order valence-electron chi connectivity index (χ4n) is 1.94. The third-order valence-corrected chi connectivity index (χ3v) is 2.93. The molecule has 0 saturated carbocycles. The Hall–Kier alpha value is -2.30. The van der Waals surface area contributed by atoms with Gasteiger partial charge in [-0.3, -0.25) is 4.79 Å². The van der Waals surface area contributed by atoms with Gasteiger partial charge in [0.2, 0.25) is 5.91 Å². The molecular formula is C15H20N4O. The Labute approximate surface area is 118 Å². The van der Waals surface area contributed by atoms with Gasteiger partial charge in [-0.05, 0) is 31.5 Å². The minimum atomic E-state index is 0.0566. The van der Waals surface area contributed by atoms with Gasteiger partial charge in [-0.1, -0.05) is 12.1 Å². The summed E-state index contributed by atoms with van der Waals surface area (Å²) in [5.41, 5.74) is 3.09. The first-order chi connectivity index (χ1) is 9.67. The van der Waals surface area contributed by atoms with E-state index in [9.17, 15) is 4.79 Å². The number of H-pyrrole nitrogens is 1. The molecule has 0 fully saturated rings. The van der Waals surface area contributed by atoms with Crippen LogP contribution in [0.1, 0.15) is 24.0 Å². The first-order valence-corrected chi connectivity index (χ1v) is 6.77. The number of rotatable bonds is 6. The highest BCUT2D eigenvalue weighted by atomic mass is 16.1. The molecule has 0 aliphatic heterocycles. The van der Waals surface area contributed by atoms with Crippen LogP contribution in [0, 0.1) is 6.92 Å². The molecule has 1 heterocycles. The number of carbonyl (C=O) groups is 1. The van der Waals surface area contributed by atoms with Gasteiger partial charge in [0.15, 0.2) is 0 Å². The van der Waals surface area contributed by atoms with E-state index < -0.39 is 0 Å². The number of nitrogens with one attached hydrogen (secondary N) is 3. The van der Waals surface area contributed by atoms with Crippen LogP contribution in [0.4, 0.5) is 5.69 Å². The van der Waals surface area contributed by atoms with Crippen molar-refractivity contribution in [1.29, 1.82) is 0 Å². The Bertz CT molecular complexity index is 560. The molecule has 3 N–H and O–H groups in total. The molecule has 106 valence electrons. The van der Waals surface area contributed by atoms with E-state index in [1.54, 1.807) is 0 Å². The second kappa shape index (κ2) is 6.75. The van der Waals surface area contributed by atoms with Crippen LogP contribution in [-0.2, 0) is 17.8 Å². The normalized spacial score (nSPS) is 10.3. The molecule has 2 rings (SSSR count). The molecule has 0 saturated heterocycles. The first kappa shape index (κ1) is 14.1. The van der Waals surface area contributed by atoms with Crippen molar-refractivity contribution < 1.29 is 4.79 Å².